The van der Waals surface area contributed by atoms with Crippen LogP contribution in [-0.2, 0) is 0 Å². The van der Waals surface area contributed by atoms with Gasteiger partial charge in [0.25, 0.3) is 0 Å². The summed E-state index contributed by atoms with van der Waals surface area (Å²) in [6, 6.07) is 0. The smallest absolute Gasteiger partial charge is 0.0459 e. The van der Waals surface area contributed by atoms with Gasteiger partial charge in [-0.05, 0) is 23.7 Å². The van der Waals surface area contributed by atoms with E-state index >= 15 is 0 Å². The van der Waals surface area contributed by atoms with Crippen LogP contribution in [0.25, 0.3) is 0 Å². The van der Waals surface area contributed by atoms with Gasteiger partial charge in [0, 0.05) is 13.2 Å². The molecule has 15 heavy (non-hydrogen) atoms. The van der Waals surface area contributed by atoms with Gasteiger partial charge in [0.2, 0.25) is 0 Å². The van der Waals surface area contributed by atoms with E-state index in [4.69, 9.17) is 10.2 Å². The van der Waals surface area contributed by atoms with E-state index in [-0.39, 0.29) is 7.43 Å². The Labute approximate surface area is 96.7 Å². The van der Waals surface area contributed by atoms with Crippen molar-refractivity contribution in [1.82, 2.24) is 0 Å². The van der Waals surface area contributed by atoms with E-state index in [1.165, 1.54) is 0 Å². The summed E-state index contributed by atoms with van der Waals surface area (Å²) >= 11 is 0. The summed E-state index contributed by atoms with van der Waals surface area (Å²) in [5.41, 5.74) is 0. The Morgan fingerprint density at radius 3 is 0.867 bits per heavy atom. The summed E-state index contributed by atoms with van der Waals surface area (Å²) in [4.78, 5) is 0. The molecule has 0 aliphatic carbocycles. The molecule has 0 rings (SSSR count). The van der Waals surface area contributed by atoms with Crippen LogP contribution in [0, 0.1) is 23.7 Å². The topological polar surface area (TPSA) is 40.5 Å². The van der Waals surface area contributed by atoms with Crippen LogP contribution in [0.1, 0.15) is 49.0 Å². The van der Waals surface area contributed by atoms with E-state index in [1.54, 1.807) is 0 Å². The fourth-order valence-corrected chi connectivity index (χ4v) is 0.422. The second-order valence-corrected chi connectivity index (χ2v) is 4.81. The molecule has 2 unspecified atom stereocenters. The average molecular weight is 220 g/mol. The number of aliphatic hydroxyl groups excluding tert-OH is 2. The van der Waals surface area contributed by atoms with Gasteiger partial charge in [-0.2, -0.15) is 0 Å². The Balaban J connectivity index is -0.000000180. The summed E-state index contributed by atoms with van der Waals surface area (Å²) < 4.78 is 0. The highest BCUT2D eigenvalue weighted by Gasteiger charge is 2.03. The van der Waals surface area contributed by atoms with Crippen LogP contribution in [0.2, 0.25) is 0 Å². The molecule has 2 nitrogen and oxygen atoms in total. The molecule has 0 aromatic rings. The molecule has 0 bridgehead atoms. The van der Waals surface area contributed by atoms with Gasteiger partial charge in [-0.15, -0.1) is 0 Å². The van der Waals surface area contributed by atoms with Crippen LogP contribution in [0.5, 0.6) is 0 Å². The Morgan fingerprint density at radius 1 is 0.667 bits per heavy atom. The van der Waals surface area contributed by atoms with Crippen molar-refractivity contribution in [1.29, 1.82) is 0 Å². The highest BCUT2D eigenvalue weighted by atomic mass is 16.3. The average Bonchev–Trinajstić information content (AvgIpc) is 2.15. The molecule has 2 N–H and O–H groups in total. The maximum atomic E-state index is 8.51. The fourth-order valence-electron chi connectivity index (χ4n) is 0.422. The number of aliphatic hydroxyl groups is 2. The summed E-state index contributed by atoms with van der Waals surface area (Å²) in [5, 5.41) is 17.0. The molecule has 0 radical (unpaired) electrons. The molecule has 0 aromatic heterocycles. The van der Waals surface area contributed by atoms with Crippen LogP contribution < -0.4 is 0 Å². The molecule has 0 aliphatic rings. The van der Waals surface area contributed by atoms with Gasteiger partial charge in [0.15, 0.2) is 0 Å². The lowest BCUT2D eigenvalue weighted by molar-refractivity contribution is 0.203. The Bertz CT molecular complexity index is 97.1. The molecule has 0 saturated carbocycles. The normalized spacial score (nSPS) is 14.0. The van der Waals surface area contributed by atoms with Crippen LogP contribution in [0.3, 0.4) is 0 Å². The first-order valence-corrected chi connectivity index (χ1v) is 5.58. The summed E-state index contributed by atoms with van der Waals surface area (Å²) in [7, 11) is 0. The summed E-state index contributed by atoms with van der Waals surface area (Å²) in [6.07, 6.45) is 0. The van der Waals surface area contributed by atoms with E-state index in [0.717, 1.165) is 0 Å². The summed E-state index contributed by atoms with van der Waals surface area (Å²) in [5.74, 6) is 2.15. The molecule has 2 atom stereocenters. The van der Waals surface area contributed by atoms with Gasteiger partial charge >= 0.3 is 0 Å². The van der Waals surface area contributed by atoms with Crippen molar-refractivity contribution in [3.8, 4) is 0 Å². The number of hydrogen-bond donors (Lipinski definition) is 2. The summed E-state index contributed by atoms with van der Waals surface area (Å²) in [6.45, 7) is 13.2. The van der Waals surface area contributed by atoms with Gasteiger partial charge in [0.05, 0.1) is 0 Å². The lowest BCUT2D eigenvalue weighted by Crippen LogP contribution is -2.07. The minimum absolute atomic E-state index is 0. The van der Waals surface area contributed by atoms with Crippen molar-refractivity contribution in [2.45, 2.75) is 49.0 Å². The Morgan fingerprint density at radius 2 is 0.867 bits per heavy atom. The van der Waals surface area contributed by atoms with E-state index in [1.807, 2.05) is 13.8 Å². The zero-order valence-corrected chi connectivity index (χ0v) is 10.6. The second-order valence-electron chi connectivity index (χ2n) is 4.81. The lowest BCUT2D eigenvalue weighted by Gasteiger charge is -2.09. The first-order valence-electron chi connectivity index (χ1n) is 5.58. The molecule has 0 spiro atoms. The van der Waals surface area contributed by atoms with E-state index < -0.39 is 0 Å². The van der Waals surface area contributed by atoms with Crippen LogP contribution in [0.15, 0.2) is 0 Å². The zero-order valence-electron chi connectivity index (χ0n) is 10.6. The second kappa shape index (κ2) is 12.0. The minimum Gasteiger partial charge on any atom is -0.396 e. The molecule has 0 fully saturated rings. The predicted octanol–water partition coefficient (Wildman–Crippen LogP) is 3.18. The maximum Gasteiger partial charge on any atom is 0.0459 e. The highest BCUT2D eigenvalue weighted by molar-refractivity contribution is 4.53. The number of rotatable bonds is 4. The third-order valence-electron chi connectivity index (χ3n) is 2.85. The third-order valence-corrected chi connectivity index (χ3v) is 2.85. The highest BCUT2D eigenvalue weighted by Crippen LogP contribution is 2.07. The van der Waals surface area contributed by atoms with Gasteiger partial charge in [-0.3, -0.25) is 0 Å². The molecule has 0 saturated heterocycles. The van der Waals surface area contributed by atoms with Gasteiger partial charge in [0.1, 0.15) is 0 Å². The monoisotopic (exact) mass is 220 g/mol. The van der Waals surface area contributed by atoms with Crippen molar-refractivity contribution in [2.75, 3.05) is 13.2 Å². The van der Waals surface area contributed by atoms with Crippen molar-refractivity contribution < 1.29 is 10.2 Å². The number of hydrogen-bond acceptors (Lipinski definition) is 2. The quantitative estimate of drug-likeness (QED) is 0.764. The Hall–Kier alpha value is -0.0800. The Kier molecular flexibility index (Phi) is 16.3. The molecule has 2 heteroatoms. The van der Waals surface area contributed by atoms with Crippen molar-refractivity contribution in [2.24, 2.45) is 23.7 Å². The van der Waals surface area contributed by atoms with Crippen molar-refractivity contribution in [3.05, 3.63) is 0 Å². The van der Waals surface area contributed by atoms with Crippen molar-refractivity contribution >= 4 is 0 Å². The molecular weight excluding hydrogens is 188 g/mol. The lowest BCUT2D eigenvalue weighted by atomic mass is 10.00. The van der Waals surface area contributed by atoms with Crippen LogP contribution in [-0.4, -0.2) is 23.4 Å². The van der Waals surface area contributed by atoms with E-state index in [2.05, 4.69) is 27.7 Å². The zero-order chi connectivity index (χ0) is 11.7. The van der Waals surface area contributed by atoms with Gasteiger partial charge < -0.3 is 10.2 Å². The fraction of sp³-hybridized carbons (Fsp3) is 1.00. The first-order chi connectivity index (χ1) is 6.36. The van der Waals surface area contributed by atoms with Gasteiger partial charge in [-0.1, -0.05) is 49.0 Å². The largest absolute Gasteiger partial charge is 0.396 e. The van der Waals surface area contributed by atoms with E-state index in [9.17, 15) is 0 Å². The van der Waals surface area contributed by atoms with Crippen molar-refractivity contribution in [3.63, 3.8) is 0 Å². The molecule has 0 heterocycles. The molecule has 0 amide bonds. The molecule has 0 aliphatic heterocycles. The predicted molar refractivity (Wildman–Crippen MR) is 68.9 cm³/mol. The maximum absolute atomic E-state index is 8.51. The molecule has 0 aromatic carbocycles. The minimum atomic E-state index is 0. The van der Waals surface area contributed by atoms with Gasteiger partial charge in [-0.25, -0.2) is 0 Å². The van der Waals surface area contributed by atoms with Crippen LogP contribution in [0.4, 0.5) is 0 Å². The van der Waals surface area contributed by atoms with Crippen LogP contribution >= 0.6 is 0 Å². The molecular formula is C13H32O2. The third kappa shape index (κ3) is 13.9. The SMILES string of the molecule is C.CC(C)C(C)CO.CC(C)C(C)CO. The first kappa shape index (κ1) is 20.3. The molecule has 96 valence electrons. The van der Waals surface area contributed by atoms with E-state index in [0.29, 0.717) is 36.9 Å². The standard InChI is InChI=1S/2C6H14O.CH4/c2*1-5(2)6(3)4-7;/h2*5-7H,4H2,1-3H3;1H4.